The third-order valence-electron chi connectivity index (χ3n) is 4.91. The Morgan fingerprint density at radius 2 is 2.00 bits per heavy atom. The van der Waals surface area contributed by atoms with Crippen molar-refractivity contribution in [1.29, 1.82) is 0 Å². The minimum Gasteiger partial charge on any atom is -0.497 e. The Balaban J connectivity index is 1.91. The lowest BCUT2D eigenvalue weighted by Crippen LogP contribution is -2.47. The molecule has 7 nitrogen and oxygen atoms in total. The molecule has 1 aromatic carbocycles. The van der Waals surface area contributed by atoms with Gasteiger partial charge in [-0.3, -0.25) is 4.79 Å². The van der Waals surface area contributed by atoms with Crippen molar-refractivity contribution >= 4 is 15.9 Å². The summed E-state index contributed by atoms with van der Waals surface area (Å²) in [6.07, 6.45) is 2.16. The van der Waals surface area contributed by atoms with Crippen LogP contribution in [0.2, 0.25) is 0 Å². The van der Waals surface area contributed by atoms with Gasteiger partial charge in [0.2, 0.25) is 15.9 Å². The van der Waals surface area contributed by atoms with Crippen molar-refractivity contribution in [2.75, 3.05) is 33.9 Å². The molecule has 0 radical (unpaired) electrons. The van der Waals surface area contributed by atoms with E-state index in [-0.39, 0.29) is 23.1 Å². The van der Waals surface area contributed by atoms with Crippen molar-refractivity contribution in [3.8, 4) is 11.5 Å². The van der Waals surface area contributed by atoms with Gasteiger partial charge in [0.1, 0.15) is 16.4 Å². The van der Waals surface area contributed by atoms with Crippen molar-refractivity contribution in [1.82, 2.24) is 9.62 Å². The van der Waals surface area contributed by atoms with E-state index in [0.717, 1.165) is 12.8 Å². The summed E-state index contributed by atoms with van der Waals surface area (Å²) in [6.45, 7) is 1.22. The first-order chi connectivity index (χ1) is 11.4. The molecular formula is C16H22N2O5S. The third kappa shape index (κ3) is 2.73. The number of carbonyl (C=O) groups excluding carboxylic acids is 1. The Hall–Kier alpha value is -1.80. The summed E-state index contributed by atoms with van der Waals surface area (Å²) >= 11 is 0. The number of hydrogen-bond acceptors (Lipinski definition) is 5. The van der Waals surface area contributed by atoms with Crippen molar-refractivity contribution in [2.24, 2.45) is 5.41 Å². The summed E-state index contributed by atoms with van der Waals surface area (Å²) in [6, 6.07) is 4.62. The monoisotopic (exact) mass is 354 g/mol. The van der Waals surface area contributed by atoms with Gasteiger partial charge in [0.15, 0.2) is 0 Å². The molecule has 24 heavy (non-hydrogen) atoms. The van der Waals surface area contributed by atoms with E-state index in [1.165, 1.54) is 24.6 Å². The maximum atomic E-state index is 13.0. The molecule has 2 aliphatic heterocycles. The highest BCUT2D eigenvalue weighted by molar-refractivity contribution is 7.89. The molecule has 8 heteroatoms. The van der Waals surface area contributed by atoms with E-state index in [9.17, 15) is 13.2 Å². The molecule has 2 aliphatic rings. The standard InChI is InChI=1S/C16H22N2O5S/c1-22-12-4-5-14(13(10-12)23-2)24(20,21)18-9-7-16(11-18)6-3-8-17-15(16)19/h4-5,10H,3,6-9,11H2,1-2H3,(H,17,19). The first-order valence-electron chi connectivity index (χ1n) is 7.93. The van der Waals surface area contributed by atoms with Crippen molar-refractivity contribution in [3.05, 3.63) is 18.2 Å². The normalized spacial score (nSPS) is 24.8. The quantitative estimate of drug-likeness (QED) is 0.872. The van der Waals surface area contributed by atoms with Crippen LogP contribution in [0.5, 0.6) is 11.5 Å². The number of sulfonamides is 1. The highest BCUT2D eigenvalue weighted by Crippen LogP contribution is 2.41. The molecule has 0 aliphatic carbocycles. The van der Waals surface area contributed by atoms with Gasteiger partial charge < -0.3 is 14.8 Å². The van der Waals surface area contributed by atoms with E-state index in [0.29, 0.717) is 25.3 Å². The maximum absolute atomic E-state index is 13.0. The minimum atomic E-state index is -3.73. The summed E-state index contributed by atoms with van der Waals surface area (Å²) in [5.74, 6) is 0.729. The lowest BCUT2D eigenvalue weighted by Gasteiger charge is -2.32. The number of nitrogens with one attached hydrogen (secondary N) is 1. The number of rotatable bonds is 4. The second-order valence-corrected chi connectivity index (χ2v) is 8.15. The zero-order chi connectivity index (χ0) is 17.4. The molecule has 1 unspecified atom stereocenters. The van der Waals surface area contributed by atoms with E-state index >= 15 is 0 Å². The van der Waals surface area contributed by atoms with Crippen molar-refractivity contribution in [2.45, 2.75) is 24.2 Å². The van der Waals surface area contributed by atoms with Gasteiger partial charge in [-0.1, -0.05) is 0 Å². The Kier molecular flexibility index (Phi) is 4.44. The third-order valence-corrected chi connectivity index (χ3v) is 6.79. The Morgan fingerprint density at radius 1 is 1.21 bits per heavy atom. The highest BCUT2D eigenvalue weighted by atomic mass is 32.2. The summed E-state index contributed by atoms with van der Waals surface area (Å²) in [5.41, 5.74) is -0.592. The fourth-order valence-corrected chi connectivity index (χ4v) is 5.15. The number of hydrogen-bond donors (Lipinski definition) is 1. The van der Waals surface area contributed by atoms with Gasteiger partial charge in [-0.2, -0.15) is 4.31 Å². The van der Waals surface area contributed by atoms with Crippen molar-refractivity contribution in [3.63, 3.8) is 0 Å². The topological polar surface area (TPSA) is 84.9 Å². The van der Waals surface area contributed by atoms with Gasteiger partial charge in [0.25, 0.3) is 0 Å². The maximum Gasteiger partial charge on any atom is 0.246 e. The van der Waals surface area contributed by atoms with Crippen LogP contribution in [0.1, 0.15) is 19.3 Å². The SMILES string of the molecule is COc1ccc(S(=O)(=O)N2CCC3(CCCNC3=O)C2)c(OC)c1. The molecule has 2 saturated heterocycles. The molecule has 1 N–H and O–H groups in total. The van der Waals surface area contributed by atoms with Gasteiger partial charge >= 0.3 is 0 Å². The molecule has 0 bridgehead atoms. The van der Waals surface area contributed by atoms with E-state index in [4.69, 9.17) is 9.47 Å². The second-order valence-electron chi connectivity index (χ2n) is 6.25. The smallest absolute Gasteiger partial charge is 0.246 e. The summed E-state index contributed by atoms with van der Waals surface area (Å²) in [4.78, 5) is 12.4. The molecule has 2 heterocycles. The minimum absolute atomic E-state index is 0.0341. The molecule has 132 valence electrons. The summed E-state index contributed by atoms with van der Waals surface area (Å²) in [7, 11) is -0.799. The van der Waals surface area contributed by atoms with Crippen molar-refractivity contribution < 1.29 is 22.7 Å². The van der Waals surface area contributed by atoms with E-state index in [1.807, 2.05) is 0 Å². The first kappa shape index (κ1) is 17.0. The number of benzene rings is 1. The molecule has 1 atom stereocenters. The second kappa shape index (κ2) is 6.25. The average molecular weight is 354 g/mol. The predicted molar refractivity (Wildman–Crippen MR) is 87.6 cm³/mol. The highest BCUT2D eigenvalue weighted by Gasteiger charge is 2.49. The Labute approximate surface area is 142 Å². The number of amides is 1. The predicted octanol–water partition coefficient (Wildman–Crippen LogP) is 0.995. The fraction of sp³-hybridized carbons (Fsp3) is 0.562. The number of piperidine rings is 1. The number of ether oxygens (including phenoxy) is 2. The Morgan fingerprint density at radius 3 is 2.67 bits per heavy atom. The van der Waals surface area contributed by atoms with Gasteiger partial charge in [-0.05, 0) is 31.4 Å². The zero-order valence-corrected chi connectivity index (χ0v) is 14.7. The molecule has 0 saturated carbocycles. The van der Waals surface area contributed by atoms with Crippen LogP contribution in [-0.2, 0) is 14.8 Å². The fourth-order valence-electron chi connectivity index (χ4n) is 3.49. The molecule has 3 rings (SSSR count). The summed E-state index contributed by atoms with van der Waals surface area (Å²) in [5, 5.41) is 2.86. The van der Waals surface area contributed by atoms with Gasteiger partial charge in [0.05, 0.1) is 19.6 Å². The Bertz CT molecular complexity index is 749. The van der Waals surface area contributed by atoms with Gasteiger partial charge in [-0.15, -0.1) is 0 Å². The molecule has 2 fully saturated rings. The average Bonchev–Trinajstić information content (AvgIpc) is 3.03. The lowest BCUT2D eigenvalue weighted by molar-refractivity contribution is -0.132. The molecule has 1 amide bonds. The van der Waals surface area contributed by atoms with Crippen LogP contribution >= 0.6 is 0 Å². The van der Waals surface area contributed by atoms with E-state index in [2.05, 4.69) is 5.32 Å². The van der Waals surface area contributed by atoms with Crippen LogP contribution in [0.3, 0.4) is 0 Å². The van der Waals surface area contributed by atoms with Gasteiger partial charge in [0, 0.05) is 25.7 Å². The molecular weight excluding hydrogens is 332 g/mol. The number of methoxy groups -OCH3 is 2. The lowest BCUT2D eigenvalue weighted by atomic mass is 9.79. The zero-order valence-electron chi connectivity index (χ0n) is 13.9. The molecule has 1 spiro atoms. The van der Waals surface area contributed by atoms with Crippen LogP contribution in [0.15, 0.2) is 23.1 Å². The first-order valence-corrected chi connectivity index (χ1v) is 9.37. The van der Waals surface area contributed by atoms with Crippen LogP contribution in [0, 0.1) is 5.41 Å². The molecule has 0 aromatic heterocycles. The number of nitrogens with zero attached hydrogens (tertiary/aromatic N) is 1. The molecule has 1 aromatic rings. The van der Waals surface area contributed by atoms with E-state index in [1.54, 1.807) is 12.1 Å². The van der Waals surface area contributed by atoms with Crippen LogP contribution < -0.4 is 14.8 Å². The van der Waals surface area contributed by atoms with Crippen LogP contribution in [0.4, 0.5) is 0 Å². The largest absolute Gasteiger partial charge is 0.497 e. The van der Waals surface area contributed by atoms with Gasteiger partial charge in [-0.25, -0.2) is 8.42 Å². The van der Waals surface area contributed by atoms with Crippen LogP contribution in [-0.4, -0.2) is 52.5 Å². The summed E-state index contributed by atoms with van der Waals surface area (Å²) < 4.78 is 37.8. The van der Waals surface area contributed by atoms with Crippen LogP contribution in [0.25, 0.3) is 0 Å². The van der Waals surface area contributed by atoms with E-state index < -0.39 is 15.4 Å². The number of carbonyl (C=O) groups is 1.